The first-order valence-electron chi connectivity index (χ1n) is 6.23. The van der Waals surface area contributed by atoms with Crippen molar-refractivity contribution in [1.29, 1.82) is 0 Å². The molecule has 0 heterocycles. The second kappa shape index (κ2) is 6.52. The Morgan fingerprint density at radius 3 is 2.75 bits per heavy atom. The number of nitrogens with zero attached hydrogens (tertiary/aromatic N) is 1. The van der Waals surface area contributed by atoms with E-state index in [1.54, 1.807) is 19.4 Å². The lowest BCUT2D eigenvalue weighted by Crippen LogP contribution is -2.17. The maximum Gasteiger partial charge on any atom is 0.271 e. The largest absolute Gasteiger partial charge is 0.497 e. The van der Waals surface area contributed by atoms with Crippen LogP contribution >= 0.6 is 0 Å². The molecule has 102 valence electrons. The molecule has 2 aromatic rings. The lowest BCUT2D eigenvalue weighted by atomic mass is 10.1. The molecule has 2 rings (SSSR count). The minimum atomic E-state index is -0.229. The number of amides is 1. The van der Waals surface area contributed by atoms with Gasteiger partial charge in [-0.05, 0) is 36.8 Å². The molecule has 4 heteroatoms. The van der Waals surface area contributed by atoms with E-state index in [0.29, 0.717) is 5.56 Å². The SMILES string of the molecule is COc1cccc(/C=N/NC(=O)c2cccc(C)c2)c1. The van der Waals surface area contributed by atoms with Crippen LogP contribution in [0.15, 0.2) is 53.6 Å². The number of carbonyl (C=O) groups is 1. The van der Waals surface area contributed by atoms with Gasteiger partial charge < -0.3 is 4.74 Å². The molecule has 20 heavy (non-hydrogen) atoms. The van der Waals surface area contributed by atoms with E-state index in [4.69, 9.17) is 4.74 Å². The minimum absolute atomic E-state index is 0.229. The van der Waals surface area contributed by atoms with Crippen LogP contribution in [0.3, 0.4) is 0 Å². The van der Waals surface area contributed by atoms with E-state index >= 15 is 0 Å². The number of aryl methyl sites for hydroxylation is 1. The van der Waals surface area contributed by atoms with Crippen molar-refractivity contribution >= 4 is 12.1 Å². The zero-order valence-corrected chi connectivity index (χ0v) is 11.5. The summed E-state index contributed by atoms with van der Waals surface area (Å²) in [5.41, 5.74) is 4.98. The Balaban J connectivity index is 2.00. The van der Waals surface area contributed by atoms with E-state index in [1.807, 2.05) is 49.4 Å². The van der Waals surface area contributed by atoms with E-state index in [0.717, 1.165) is 16.9 Å². The highest BCUT2D eigenvalue weighted by Gasteiger charge is 2.03. The fourth-order valence-corrected chi connectivity index (χ4v) is 1.74. The Morgan fingerprint density at radius 2 is 2.00 bits per heavy atom. The van der Waals surface area contributed by atoms with Crippen molar-refractivity contribution in [2.45, 2.75) is 6.92 Å². The van der Waals surface area contributed by atoms with Gasteiger partial charge in [-0.25, -0.2) is 5.43 Å². The van der Waals surface area contributed by atoms with Crippen LogP contribution in [-0.4, -0.2) is 19.2 Å². The Kier molecular flexibility index (Phi) is 4.50. The molecule has 0 aliphatic heterocycles. The highest BCUT2D eigenvalue weighted by Crippen LogP contribution is 2.10. The monoisotopic (exact) mass is 268 g/mol. The molecule has 2 aromatic carbocycles. The average molecular weight is 268 g/mol. The van der Waals surface area contributed by atoms with E-state index in [1.165, 1.54) is 0 Å². The van der Waals surface area contributed by atoms with Gasteiger partial charge in [0.1, 0.15) is 5.75 Å². The zero-order chi connectivity index (χ0) is 14.4. The van der Waals surface area contributed by atoms with Gasteiger partial charge in [0.05, 0.1) is 13.3 Å². The standard InChI is InChI=1S/C16H16N2O2/c1-12-5-3-7-14(9-12)16(19)18-17-11-13-6-4-8-15(10-13)20-2/h3-11H,1-2H3,(H,18,19)/b17-11+. The minimum Gasteiger partial charge on any atom is -0.497 e. The Bertz CT molecular complexity index is 636. The number of rotatable bonds is 4. The molecular weight excluding hydrogens is 252 g/mol. The number of hydrogen-bond acceptors (Lipinski definition) is 3. The number of methoxy groups -OCH3 is 1. The third-order valence-corrected chi connectivity index (χ3v) is 2.75. The summed E-state index contributed by atoms with van der Waals surface area (Å²) in [5.74, 6) is 0.520. The van der Waals surface area contributed by atoms with Crippen LogP contribution in [0, 0.1) is 6.92 Å². The third kappa shape index (κ3) is 3.68. The van der Waals surface area contributed by atoms with Crippen LogP contribution in [0.25, 0.3) is 0 Å². The van der Waals surface area contributed by atoms with Gasteiger partial charge in [-0.15, -0.1) is 0 Å². The molecule has 0 radical (unpaired) electrons. The quantitative estimate of drug-likeness (QED) is 0.684. The van der Waals surface area contributed by atoms with Gasteiger partial charge >= 0.3 is 0 Å². The van der Waals surface area contributed by atoms with Gasteiger partial charge in [0.15, 0.2) is 0 Å². The van der Waals surface area contributed by atoms with Crippen molar-refractivity contribution < 1.29 is 9.53 Å². The van der Waals surface area contributed by atoms with Crippen molar-refractivity contribution in [3.63, 3.8) is 0 Å². The Labute approximate surface area is 118 Å². The molecule has 0 saturated carbocycles. The van der Waals surface area contributed by atoms with Crippen molar-refractivity contribution in [3.8, 4) is 5.75 Å². The first kappa shape index (κ1) is 13.8. The molecule has 1 N–H and O–H groups in total. The molecular formula is C16H16N2O2. The topological polar surface area (TPSA) is 50.7 Å². The van der Waals surface area contributed by atoms with Crippen LogP contribution in [-0.2, 0) is 0 Å². The molecule has 0 atom stereocenters. The van der Waals surface area contributed by atoms with Gasteiger partial charge in [-0.1, -0.05) is 29.8 Å². The zero-order valence-electron chi connectivity index (χ0n) is 11.5. The van der Waals surface area contributed by atoms with Crippen LogP contribution in [0.5, 0.6) is 5.75 Å². The summed E-state index contributed by atoms with van der Waals surface area (Å²) >= 11 is 0. The van der Waals surface area contributed by atoms with Gasteiger partial charge in [0.2, 0.25) is 0 Å². The van der Waals surface area contributed by atoms with Crippen molar-refractivity contribution in [1.82, 2.24) is 5.43 Å². The van der Waals surface area contributed by atoms with E-state index in [9.17, 15) is 4.79 Å². The van der Waals surface area contributed by atoms with E-state index in [-0.39, 0.29) is 5.91 Å². The second-order valence-electron chi connectivity index (χ2n) is 4.35. The predicted molar refractivity (Wildman–Crippen MR) is 79.2 cm³/mol. The number of carbonyl (C=O) groups excluding carboxylic acids is 1. The fraction of sp³-hybridized carbons (Fsp3) is 0.125. The number of nitrogens with one attached hydrogen (secondary N) is 1. The second-order valence-corrected chi connectivity index (χ2v) is 4.35. The highest BCUT2D eigenvalue weighted by atomic mass is 16.5. The van der Waals surface area contributed by atoms with Gasteiger partial charge in [0, 0.05) is 5.56 Å². The first-order chi connectivity index (χ1) is 9.69. The highest BCUT2D eigenvalue weighted by molar-refractivity contribution is 5.95. The maximum atomic E-state index is 11.9. The summed E-state index contributed by atoms with van der Waals surface area (Å²) in [6.45, 7) is 1.94. The summed E-state index contributed by atoms with van der Waals surface area (Å²) in [5, 5.41) is 3.94. The first-order valence-corrected chi connectivity index (χ1v) is 6.23. The molecule has 0 unspecified atom stereocenters. The van der Waals surface area contributed by atoms with Crippen LogP contribution in [0.4, 0.5) is 0 Å². The summed E-state index contributed by atoms with van der Waals surface area (Å²) < 4.78 is 5.12. The molecule has 0 bridgehead atoms. The Hall–Kier alpha value is -2.62. The lowest BCUT2D eigenvalue weighted by molar-refractivity contribution is 0.0955. The summed E-state index contributed by atoms with van der Waals surface area (Å²) in [6, 6.07) is 14.8. The van der Waals surface area contributed by atoms with E-state index in [2.05, 4.69) is 10.5 Å². The van der Waals surface area contributed by atoms with Crippen LogP contribution in [0.2, 0.25) is 0 Å². The lowest BCUT2D eigenvalue weighted by Gasteiger charge is -2.01. The van der Waals surface area contributed by atoms with Crippen molar-refractivity contribution in [2.24, 2.45) is 5.10 Å². The van der Waals surface area contributed by atoms with Crippen LogP contribution < -0.4 is 10.2 Å². The smallest absolute Gasteiger partial charge is 0.271 e. The maximum absolute atomic E-state index is 11.9. The van der Waals surface area contributed by atoms with Gasteiger partial charge in [-0.3, -0.25) is 4.79 Å². The number of ether oxygens (including phenoxy) is 1. The average Bonchev–Trinajstić information content (AvgIpc) is 2.47. The van der Waals surface area contributed by atoms with Crippen molar-refractivity contribution in [2.75, 3.05) is 7.11 Å². The fourth-order valence-electron chi connectivity index (χ4n) is 1.74. The summed E-state index contributed by atoms with van der Waals surface area (Å²) in [6.07, 6.45) is 1.58. The Morgan fingerprint density at radius 1 is 1.20 bits per heavy atom. The van der Waals surface area contributed by atoms with Gasteiger partial charge in [0.25, 0.3) is 5.91 Å². The van der Waals surface area contributed by atoms with Gasteiger partial charge in [-0.2, -0.15) is 5.10 Å². The normalized spacial score (nSPS) is 10.5. The number of hydrogen-bond donors (Lipinski definition) is 1. The summed E-state index contributed by atoms with van der Waals surface area (Å²) in [7, 11) is 1.61. The van der Waals surface area contributed by atoms with Crippen LogP contribution in [0.1, 0.15) is 21.5 Å². The molecule has 0 aromatic heterocycles. The predicted octanol–water partition coefficient (Wildman–Crippen LogP) is 2.77. The van der Waals surface area contributed by atoms with Crippen molar-refractivity contribution in [3.05, 3.63) is 65.2 Å². The number of benzene rings is 2. The molecule has 0 spiro atoms. The number of hydrazone groups is 1. The molecule has 4 nitrogen and oxygen atoms in total. The van der Waals surface area contributed by atoms with E-state index < -0.39 is 0 Å². The molecule has 1 amide bonds. The molecule has 0 fully saturated rings. The molecule has 0 aliphatic rings. The molecule has 0 saturated heterocycles. The molecule has 0 aliphatic carbocycles. The summed E-state index contributed by atoms with van der Waals surface area (Å²) in [4.78, 5) is 11.9. The third-order valence-electron chi connectivity index (χ3n) is 2.75.